The molecule has 2 aromatic rings. The zero-order valence-electron chi connectivity index (χ0n) is 11.4. The molecule has 0 saturated heterocycles. The lowest BCUT2D eigenvalue weighted by molar-refractivity contribution is -0.119. The molecule has 0 aliphatic rings. The predicted octanol–water partition coefficient (Wildman–Crippen LogP) is 2.44. The van der Waals surface area contributed by atoms with Crippen molar-refractivity contribution in [2.45, 2.75) is 19.5 Å². The first-order valence-corrected chi connectivity index (χ1v) is 6.49. The fourth-order valence-electron chi connectivity index (χ4n) is 1.72. The van der Waals surface area contributed by atoms with Gasteiger partial charge >= 0.3 is 0 Å². The predicted molar refractivity (Wildman–Crippen MR) is 78.5 cm³/mol. The molecule has 4 nitrogen and oxygen atoms in total. The van der Waals surface area contributed by atoms with E-state index < -0.39 is 0 Å². The maximum atomic E-state index is 11.0. The number of carbonyl (C=O) groups excluding carboxylic acids is 1. The summed E-state index contributed by atoms with van der Waals surface area (Å²) in [6, 6.07) is 17.0. The summed E-state index contributed by atoms with van der Waals surface area (Å²) < 4.78 is 5.75. The van der Waals surface area contributed by atoms with Crippen LogP contribution in [0.1, 0.15) is 12.5 Å². The van der Waals surface area contributed by atoms with Gasteiger partial charge in [0.25, 0.3) is 0 Å². The second-order valence-electron chi connectivity index (χ2n) is 4.57. The second-order valence-corrected chi connectivity index (χ2v) is 4.57. The lowest BCUT2D eigenvalue weighted by Crippen LogP contribution is -2.38. The van der Waals surface area contributed by atoms with Crippen LogP contribution in [0.15, 0.2) is 54.6 Å². The maximum absolute atomic E-state index is 11.0. The molecule has 0 radical (unpaired) electrons. The van der Waals surface area contributed by atoms with Crippen LogP contribution in [0.25, 0.3) is 0 Å². The third-order valence-electron chi connectivity index (χ3n) is 2.92. The van der Waals surface area contributed by atoms with Gasteiger partial charge < -0.3 is 15.8 Å². The van der Waals surface area contributed by atoms with E-state index in [1.807, 2.05) is 54.6 Å². The highest BCUT2D eigenvalue weighted by Gasteiger charge is 2.07. The lowest BCUT2D eigenvalue weighted by atomic mass is 10.2. The third-order valence-corrected chi connectivity index (χ3v) is 2.92. The average Bonchev–Trinajstić information content (AvgIpc) is 2.46. The van der Waals surface area contributed by atoms with Crippen LogP contribution in [-0.2, 0) is 11.3 Å². The Kier molecular flexibility index (Phi) is 4.74. The normalized spacial score (nSPS) is 11.8. The molecule has 0 aliphatic carbocycles. The van der Waals surface area contributed by atoms with E-state index in [0.717, 1.165) is 17.1 Å². The summed E-state index contributed by atoms with van der Waals surface area (Å²) in [7, 11) is 0. The first-order valence-electron chi connectivity index (χ1n) is 6.49. The van der Waals surface area contributed by atoms with Gasteiger partial charge in [0.2, 0.25) is 5.91 Å². The number of amides is 1. The number of primary amides is 1. The molecule has 1 unspecified atom stereocenters. The first-order chi connectivity index (χ1) is 9.65. The molecule has 0 heterocycles. The number of para-hydroxylation sites is 1. The third kappa shape index (κ3) is 4.10. The molecular weight excluding hydrogens is 252 g/mol. The Morgan fingerprint density at radius 1 is 1.15 bits per heavy atom. The molecule has 20 heavy (non-hydrogen) atoms. The molecule has 104 valence electrons. The van der Waals surface area contributed by atoms with E-state index in [-0.39, 0.29) is 11.9 Å². The van der Waals surface area contributed by atoms with Crippen LogP contribution in [0, 0.1) is 0 Å². The number of rotatable bonds is 6. The number of ether oxygens (including phenoxy) is 1. The molecule has 0 spiro atoms. The van der Waals surface area contributed by atoms with Gasteiger partial charge in [-0.2, -0.15) is 0 Å². The minimum absolute atomic E-state index is 0.353. The van der Waals surface area contributed by atoms with Crippen molar-refractivity contribution in [3.63, 3.8) is 0 Å². The van der Waals surface area contributed by atoms with E-state index in [1.54, 1.807) is 6.92 Å². The molecular formula is C16H18N2O2. The fraction of sp³-hybridized carbons (Fsp3) is 0.188. The monoisotopic (exact) mass is 270 g/mol. The highest BCUT2D eigenvalue weighted by Crippen LogP contribution is 2.21. The van der Waals surface area contributed by atoms with Crippen molar-refractivity contribution < 1.29 is 9.53 Å². The topological polar surface area (TPSA) is 64.3 Å². The number of nitrogens with two attached hydrogens (primary N) is 1. The SMILES string of the molecule is CC(NCc1cccc(Oc2ccccc2)c1)C(N)=O. The summed E-state index contributed by atoms with van der Waals surface area (Å²) in [5.74, 6) is 1.20. The Hall–Kier alpha value is -2.33. The number of carbonyl (C=O) groups is 1. The molecule has 0 aliphatic heterocycles. The minimum Gasteiger partial charge on any atom is -0.457 e. The van der Waals surface area contributed by atoms with Crippen LogP contribution in [0.4, 0.5) is 0 Å². The van der Waals surface area contributed by atoms with Crippen LogP contribution in [0.5, 0.6) is 11.5 Å². The highest BCUT2D eigenvalue weighted by molar-refractivity contribution is 5.79. The van der Waals surface area contributed by atoms with Gasteiger partial charge in [0.05, 0.1) is 6.04 Å². The largest absolute Gasteiger partial charge is 0.457 e. The van der Waals surface area contributed by atoms with Crippen molar-refractivity contribution in [2.24, 2.45) is 5.73 Å². The van der Waals surface area contributed by atoms with Gasteiger partial charge in [0, 0.05) is 6.54 Å². The molecule has 4 heteroatoms. The minimum atomic E-state index is -0.360. The summed E-state index contributed by atoms with van der Waals surface area (Å²) in [6.07, 6.45) is 0. The van der Waals surface area contributed by atoms with Crippen molar-refractivity contribution in [1.82, 2.24) is 5.32 Å². The Morgan fingerprint density at radius 3 is 2.55 bits per heavy atom. The molecule has 2 aromatic carbocycles. The Labute approximate surface area is 118 Å². The van der Waals surface area contributed by atoms with Crippen molar-refractivity contribution >= 4 is 5.91 Å². The molecule has 0 saturated carbocycles. The zero-order chi connectivity index (χ0) is 14.4. The van der Waals surface area contributed by atoms with Crippen LogP contribution in [0.2, 0.25) is 0 Å². The van der Waals surface area contributed by atoms with E-state index in [2.05, 4.69) is 5.32 Å². The van der Waals surface area contributed by atoms with E-state index in [1.165, 1.54) is 0 Å². The molecule has 0 aromatic heterocycles. The van der Waals surface area contributed by atoms with Gasteiger partial charge in [-0.3, -0.25) is 4.79 Å². The Balaban J connectivity index is 1.99. The number of hydrogen-bond donors (Lipinski definition) is 2. The van der Waals surface area contributed by atoms with E-state index in [0.29, 0.717) is 6.54 Å². The van der Waals surface area contributed by atoms with Crippen LogP contribution in [0.3, 0.4) is 0 Å². The van der Waals surface area contributed by atoms with Gasteiger partial charge in [0.15, 0.2) is 0 Å². The summed E-state index contributed by atoms with van der Waals surface area (Å²) >= 11 is 0. The summed E-state index contributed by atoms with van der Waals surface area (Å²) in [5, 5.41) is 3.06. The molecule has 2 rings (SSSR count). The summed E-state index contributed by atoms with van der Waals surface area (Å²) in [6.45, 7) is 2.31. The number of benzene rings is 2. The summed E-state index contributed by atoms with van der Waals surface area (Å²) in [5.41, 5.74) is 6.24. The van der Waals surface area contributed by atoms with Crippen molar-refractivity contribution in [3.8, 4) is 11.5 Å². The molecule has 0 bridgehead atoms. The van der Waals surface area contributed by atoms with Crippen molar-refractivity contribution in [3.05, 3.63) is 60.2 Å². The molecule has 1 amide bonds. The van der Waals surface area contributed by atoms with Gasteiger partial charge in [-0.05, 0) is 36.8 Å². The van der Waals surface area contributed by atoms with Gasteiger partial charge in [-0.15, -0.1) is 0 Å². The zero-order valence-corrected chi connectivity index (χ0v) is 11.4. The van der Waals surface area contributed by atoms with Crippen LogP contribution >= 0.6 is 0 Å². The summed E-state index contributed by atoms with van der Waals surface area (Å²) in [4.78, 5) is 11.0. The van der Waals surface area contributed by atoms with Gasteiger partial charge in [-0.25, -0.2) is 0 Å². The quantitative estimate of drug-likeness (QED) is 0.847. The first kappa shape index (κ1) is 14.1. The Morgan fingerprint density at radius 2 is 1.85 bits per heavy atom. The molecule has 0 fully saturated rings. The second kappa shape index (κ2) is 6.73. The van der Waals surface area contributed by atoms with Crippen molar-refractivity contribution in [1.29, 1.82) is 0 Å². The van der Waals surface area contributed by atoms with Gasteiger partial charge in [0.1, 0.15) is 11.5 Å². The van der Waals surface area contributed by atoms with E-state index in [4.69, 9.17) is 10.5 Å². The standard InChI is InChI=1S/C16H18N2O2/c1-12(16(17)19)18-11-13-6-5-9-15(10-13)20-14-7-3-2-4-8-14/h2-10,12,18H,11H2,1H3,(H2,17,19). The van der Waals surface area contributed by atoms with Gasteiger partial charge in [-0.1, -0.05) is 30.3 Å². The smallest absolute Gasteiger partial charge is 0.234 e. The van der Waals surface area contributed by atoms with Crippen molar-refractivity contribution in [2.75, 3.05) is 0 Å². The average molecular weight is 270 g/mol. The van der Waals surface area contributed by atoms with E-state index in [9.17, 15) is 4.79 Å². The highest BCUT2D eigenvalue weighted by atomic mass is 16.5. The maximum Gasteiger partial charge on any atom is 0.234 e. The Bertz CT molecular complexity index is 570. The number of nitrogens with one attached hydrogen (secondary N) is 1. The van der Waals surface area contributed by atoms with Crippen LogP contribution < -0.4 is 15.8 Å². The number of hydrogen-bond acceptors (Lipinski definition) is 3. The van der Waals surface area contributed by atoms with Crippen LogP contribution in [-0.4, -0.2) is 11.9 Å². The lowest BCUT2D eigenvalue weighted by Gasteiger charge is -2.11. The fourth-order valence-corrected chi connectivity index (χ4v) is 1.72. The molecule has 1 atom stereocenters. The molecule has 3 N–H and O–H groups in total. The van der Waals surface area contributed by atoms with E-state index >= 15 is 0 Å².